The van der Waals surface area contributed by atoms with E-state index in [2.05, 4.69) is 16.3 Å². The number of hydrogen-bond acceptors (Lipinski definition) is 5. The van der Waals surface area contributed by atoms with Crippen molar-refractivity contribution in [1.82, 2.24) is 10.2 Å². The molecule has 0 aromatic heterocycles. The number of ether oxygens (including phenoxy) is 2. The lowest BCUT2D eigenvalue weighted by Crippen LogP contribution is -2.45. The van der Waals surface area contributed by atoms with Crippen LogP contribution in [0.15, 0.2) is 54.6 Å². The number of hydrogen-bond donors (Lipinski definition) is 1. The minimum Gasteiger partial charge on any atom is -0.481 e. The summed E-state index contributed by atoms with van der Waals surface area (Å²) in [4.78, 5) is 15.1. The van der Waals surface area contributed by atoms with Gasteiger partial charge in [0, 0.05) is 19.6 Å². The van der Waals surface area contributed by atoms with Gasteiger partial charge in [0.1, 0.15) is 5.75 Å². The summed E-state index contributed by atoms with van der Waals surface area (Å²) in [6.07, 6.45) is -0.649. The summed E-state index contributed by atoms with van der Waals surface area (Å²) in [6, 6.07) is 18.7. The highest BCUT2D eigenvalue weighted by Gasteiger charge is 2.23. The Labute approximate surface area is 165 Å². The van der Waals surface area contributed by atoms with E-state index in [-0.39, 0.29) is 11.9 Å². The first-order valence-corrected chi connectivity index (χ1v) is 9.48. The van der Waals surface area contributed by atoms with Gasteiger partial charge in [0.15, 0.2) is 6.10 Å². The first-order valence-electron chi connectivity index (χ1n) is 9.48. The van der Waals surface area contributed by atoms with Gasteiger partial charge >= 0.3 is 0 Å². The lowest BCUT2D eigenvalue weighted by molar-refractivity contribution is -0.128. The van der Waals surface area contributed by atoms with Crippen molar-refractivity contribution in [2.75, 3.05) is 32.8 Å². The van der Waals surface area contributed by atoms with Gasteiger partial charge in [0.2, 0.25) is 0 Å². The fourth-order valence-corrected chi connectivity index (χ4v) is 3.12. The topological polar surface area (TPSA) is 74.6 Å². The van der Waals surface area contributed by atoms with Crippen molar-refractivity contribution in [3.05, 3.63) is 65.7 Å². The van der Waals surface area contributed by atoms with E-state index >= 15 is 0 Å². The molecule has 2 unspecified atom stereocenters. The van der Waals surface area contributed by atoms with Crippen LogP contribution < -0.4 is 10.1 Å². The van der Waals surface area contributed by atoms with Crippen LogP contribution in [0.1, 0.15) is 24.1 Å². The third-order valence-corrected chi connectivity index (χ3v) is 4.73. The maximum atomic E-state index is 12.8. The molecule has 2 aromatic rings. The first kappa shape index (κ1) is 19.9. The summed E-state index contributed by atoms with van der Waals surface area (Å²) >= 11 is 0. The zero-order valence-corrected chi connectivity index (χ0v) is 16.0. The van der Waals surface area contributed by atoms with E-state index in [1.54, 1.807) is 31.2 Å². The summed E-state index contributed by atoms with van der Waals surface area (Å²) in [7, 11) is 0. The first-order chi connectivity index (χ1) is 13.7. The number of amides is 1. The Balaban J connectivity index is 1.64. The third kappa shape index (κ3) is 5.56. The molecule has 1 aliphatic heterocycles. The molecule has 1 N–H and O–H groups in total. The maximum absolute atomic E-state index is 12.8. The van der Waals surface area contributed by atoms with E-state index in [0.717, 1.165) is 25.2 Å². The Morgan fingerprint density at radius 3 is 2.50 bits per heavy atom. The van der Waals surface area contributed by atoms with Crippen molar-refractivity contribution in [3.63, 3.8) is 0 Å². The van der Waals surface area contributed by atoms with Gasteiger partial charge in [0.05, 0.1) is 30.9 Å². The largest absolute Gasteiger partial charge is 0.481 e. The fourth-order valence-electron chi connectivity index (χ4n) is 3.12. The molecule has 0 spiro atoms. The molecule has 3 rings (SSSR count). The van der Waals surface area contributed by atoms with Gasteiger partial charge in [0.25, 0.3) is 5.91 Å². The minimum atomic E-state index is -0.649. The van der Waals surface area contributed by atoms with Gasteiger partial charge in [-0.2, -0.15) is 5.26 Å². The van der Waals surface area contributed by atoms with Crippen molar-refractivity contribution in [2.24, 2.45) is 0 Å². The lowest BCUT2D eigenvalue weighted by Gasteiger charge is -2.31. The zero-order valence-electron chi connectivity index (χ0n) is 16.0. The Hall–Kier alpha value is -2.88. The average molecular weight is 379 g/mol. The van der Waals surface area contributed by atoms with E-state index in [9.17, 15) is 4.79 Å². The van der Waals surface area contributed by atoms with Crippen LogP contribution in [0.4, 0.5) is 0 Å². The predicted molar refractivity (Wildman–Crippen MR) is 106 cm³/mol. The second-order valence-corrected chi connectivity index (χ2v) is 6.78. The summed E-state index contributed by atoms with van der Waals surface area (Å²) < 4.78 is 11.2. The maximum Gasteiger partial charge on any atom is 0.261 e. The number of carbonyl (C=O) groups is 1. The summed E-state index contributed by atoms with van der Waals surface area (Å²) in [5.41, 5.74) is 1.62. The van der Waals surface area contributed by atoms with Gasteiger partial charge in [-0.15, -0.1) is 0 Å². The van der Waals surface area contributed by atoms with E-state index in [0.29, 0.717) is 24.5 Å². The number of rotatable bonds is 7. The highest BCUT2D eigenvalue weighted by atomic mass is 16.5. The molecule has 28 heavy (non-hydrogen) atoms. The SMILES string of the molecule is CC(Oc1ccc(C#N)cc1)C(=O)NC(CN1CCOCC1)c1ccccc1. The normalized spacial score (nSPS) is 16.6. The Kier molecular flexibility index (Phi) is 7.01. The number of nitriles is 1. The zero-order chi connectivity index (χ0) is 19.8. The van der Waals surface area contributed by atoms with Crippen LogP contribution in [0.2, 0.25) is 0 Å². The molecule has 1 fully saturated rings. The average Bonchev–Trinajstić information content (AvgIpc) is 2.75. The van der Waals surface area contributed by atoms with Crippen LogP contribution >= 0.6 is 0 Å². The van der Waals surface area contributed by atoms with Crippen LogP contribution in [0.5, 0.6) is 5.75 Å². The van der Waals surface area contributed by atoms with E-state index in [1.807, 2.05) is 30.3 Å². The summed E-state index contributed by atoms with van der Waals surface area (Å²) in [5, 5.41) is 12.0. The molecular weight excluding hydrogens is 354 g/mol. The van der Waals surface area contributed by atoms with E-state index < -0.39 is 6.10 Å². The molecule has 6 nitrogen and oxygen atoms in total. The highest BCUT2D eigenvalue weighted by molar-refractivity contribution is 5.81. The van der Waals surface area contributed by atoms with E-state index in [4.69, 9.17) is 14.7 Å². The summed E-state index contributed by atoms with van der Waals surface area (Å²) in [5.74, 6) is 0.387. The second kappa shape index (κ2) is 9.88. The lowest BCUT2D eigenvalue weighted by atomic mass is 10.1. The third-order valence-electron chi connectivity index (χ3n) is 4.73. The monoisotopic (exact) mass is 379 g/mol. The van der Waals surface area contributed by atoms with Crippen molar-refractivity contribution in [1.29, 1.82) is 5.26 Å². The molecule has 1 amide bonds. The van der Waals surface area contributed by atoms with Crippen LogP contribution in [0.3, 0.4) is 0 Å². The van der Waals surface area contributed by atoms with Gasteiger partial charge in [-0.25, -0.2) is 0 Å². The molecule has 1 heterocycles. The minimum absolute atomic E-state index is 0.126. The fraction of sp³-hybridized carbons (Fsp3) is 0.364. The smallest absolute Gasteiger partial charge is 0.261 e. The number of nitrogens with zero attached hydrogens (tertiary/aromatic N) is 2. The van der Waals surface area contributed by atoms with E-state index in [1.165, 1.54) is 0 Å². The number of benzene rings is 2. The number of morpholine rings is 1. The summed E-state index contributed by atoms with van der Waals surface area (Å²) in [6.45, 7) is 5.60. The molecule has 0 aliphatic carbocycles. The second-order valence-electron chi connectivity index (χ2n) is 6.78. The van der Waals surface area contributed by atoms with Gasteiger partial charge in [-0.3, -0.25) is 9.69 Å². The molecule has 2 atom stereocenters. The molecule has 1 aliphatic rings. The van der Waals surface area contributed by atoms with Crippen molar-refractivity contribution < 1.29 is 14.3 Å². The molecule has 0 bridgehead atoms. The van der Waals surface area contributed by atoms with Gasteiger partial charge < -0.3 is 14.8 Å². The molecule has 146 valence electrons. The van der Waals surface area contributed by atoms with Crippen LogP contribution in [0, 0.1) is 11.3 Å². The molecule has 2 aromatic carbocycles. The molecule has 0 radical (unpaired) electrons. The number of carbonyl (C=O) groups excluding carboxylic acids is 1. The standard InChI is InChI=1S/C22H25N3O3/c1-17(28-20-9-7-18(15-23)8-10-20)22(26)24-21(19-5-3-2-4-6-19)16-25-11-13-27-14-12-25/h2-10,17,21H,11-14,16H2,1H3,(H,24,26). The molecule has 6 heteroatoms. The van der Waals surface area contributed by atoms with Crippen LogP contribution in [-0.4, -0.2) is 49.8 Å². The van der Waals surface area contributed by atoms with Crippen molar-refractivity contribution >= 4 is 5.91 Å². The van der Waals surface area contributed by atoms with Crippen LogP contribution in [-0.2, 0) is 9.53 Å². The number of nitrogens with one attached hydrogen (secondary N) is 1. The Morgan fingerprint density at radius 2 is 1.86 bits per heavy atom. The predicted octanol–water partition coefficient (Wildman–Crippen LogP) is 2.52. The van der Waals surface area contributed by atoms with Crippen molar-refractivity contribution in [2.45, 2.75) is 19.1 Å². The highest BCUT2D eigenvalue weighted by Crippen LogP contribution is 2.17. The molecule has 1 saturated heterocycles. The van der Waals surface area contributed by atoms with Crippen molar-refractivity contribution in [3.8, 4) is 11.8 Å². The van der Waals surface area contributed by atoms with Crippen LogP contribution in [0.25, 0.3) is 0 Å². The molecular formula is C22H25N3O3. The molecule has 0 saturated carbocycles. The van der Waals surface area contributed by atoms with Gasteiger partial charge in [-0.1, -0.05) is 30.3 Å². The Morgan fingerprint density at radius 1 is 1.18 bits per heavy atom. The quantitative estimate of drug-likeness (QED) is 0.800. The van der Waals surface area contributed by atoms with Gasteiger partial charge in [-0.05, 0) is 36.8 Å². The Bertz CT molecular complexity index is 796.